The zero-order valence-corrected chi connectivity index (χ0v) is 8.38. The van der Waals surface area contributed by atoms with Crippen molar-refractivity contribution in [2.75, 3.05) is 14.1 Å². The van der Waals surface area contributed by atoms with Crippen molar-refractivity contribution in [2.45, 2.75) is 12.6 Å². The Labute approximate surface area is 83.3 Å². The molecule has 1 atom stereocenters. The molecule has 1 unspecified atom stereocenters. The average Bonchev–Trinajstić information content (AvgIpc) is 2.15. The van der Waals surface area contributed by atoms with Crippen LogP contribution in [0.1, 0.15) is 5.56 Å². The molecule has 4 heteroatoms. The predicted octanol–water partition coefficient (Wildman–Crippen LogP) is 1.39. The van der Waals surface area contributed by atoms with Gasteiger partial charge in [0.2, 0.25) is 0 Å². The van der Waals surface area contributed by atoms with Gasteiger partial charge in [-0.1, -0.05) is 30.3 Å². The largest absolute Gasteiger partial charge is 0.271 e. The number of nitrogens with zero attached hydrogens (tertiary/aromatic N) is 2. The van der Waals surface area contributed by atoms with Crippen molar-refractivity contribution in [2.24, 2.45) is 0 Å². The van der Waals surface area contributed by atoms with Crippen LogP contribution in [0.2, 0.25) is 0 Å². The summed E-state index contributed by atoms with van der Waals surface area (Å²) >= 11 is 0. The highest BCUT2D eigenvalue weighted by atomic mass is 16.6. The van der Waals surface area contributed by atoms with Gasteiger partial charge in [0, 0.05) is 4.92 Å². The normalized spacial score (nSPS) is 12.8. The van der Waals surface area contributed by atoms with Crippen molar-refractivity contribution in [3.05, 3.63) is 46.0 Å². The molecule has 1 aromatic rings. The zero-order chi connectivity index (χ0) is 10.6. The number of hydrogen-bond donors (Lipinski definition) is 0. The fraction of sp³-hybridized carbons (Fsp3) is 0.400. The van der Waals surface area contributed by atoms with Crippen LogP contribution in [0.15, 0.2) is 30.3 Å². The predicted molar refractivity (Wildman–Crippen MR) is 54.6 cm³/mol. The molecular weight excluding hydrogens is 180 g/mol. The molecule has 0 N–H and O–H groups in total. The standard InChI is InChI=1S/C10H14N2O2/c1-11(2)10(12(13)14)8-9-6-4-3-5-7-9/h3-7,10H,8H2,1-2H3. The first-order valence-corrected chi connectivity index (χ1v) is 4.45. The molecule has 0 amide bonds. The molecule has 4 nitrogen and oxygen atoms in total. The van der Waals surface area contributed by atoms with Gasteiger partial charge < -0.3 is 0 Å². The molecule has 0 heterocycles. The minimum atomic E-state index is -0.641. The van der Waals surface area contributed by atoms with E-state index in [1.165, 1.54) is 0 Å². The zero-order valence-electron chi connectivity index (χ0n) is 8.38. The Hall–Kier alpha value is -1.42. The molecule has 0 saturated carbocycles. The average molecular weight is 194 g/mol. The summed E-state index contributed by atoms with van der Waals surface area (Å²) in [5, 5.41) is 10.7. The summed E-state index contributed by atoms with van der Waals surface area (Å²) in [5.41, 5.74) is 0.989. The summed E-state index contributed by atoms with van der Waals surface area (Å²) in [7, 11) is 3.44. The first kappa shape index (κ1) is 10.7. The smallest absolute Gasteiger partial charge is 0.263 e. The monoisotopic (exact) mass is 194 g/mol. The second kappa shape index (κ2) is 4.72. The molecule has 0 aliphatic rings. The first-order valence-electron chi connectivity index (χ1n) is 4.45. The summed E-state index contributed by atoms with van der Waals surface area (Å²) in [4.78, 5) is 12.1. The Morgan fingerprint density at radius 1 is 1.36 bits per heavy atom. The number of benzene rings is 1. The summed E-state index contributed by atoms with van der Waals surface area (Å²) in [6.07, 6.45) is -0.196. The van der Waals surface area contributed by atoms with Crippen LogP contribution in [0.4, 0.5) is 0 Å². The van der Waals surface area contributed by atoms with Crippen molar-refractivity contribution in [1.82, 2.24) is 4.90 Å². The number of hydrogen-bond acceptors (Lipinski definition) is 3. The maximum absolute atomic E-state index is 10.7. The number of nitro groups is 1. The van der Waals surface area contributed by atoms with Gasteiger partial charge in [-0.15, -0.1) is 0 Å². The Morgan fingerprint density at radius 3 is 2.36 bits per heavy atom. The molecule has 0 radical (unpaired) electrons. The first-order chi connectivity index (χ1) is 6.61. The van der Waals surface area contributed by atoms with E-state index in [0.29, 0.717) is 6.42 Å². The van der Waals surface area contributed by atoms with Gasteiger partial charge in [-0.05, 0) is 19.7 Å². The van der Waals surface area contributed by atoms with E-state index in [0.717, 1.165) is 5.56 Å². The highest BCUT2D eigenvalue weighted by Crippen LogP contribution is 2.06. The summed E-state index contributed by atoms with van der Waals surface area (Å²) in [6, 6.07) is 9.49. The second-order valence-corrected chi connectivity index (χ2v) is 3.42. The van der Waals surface area contributed by atoms with Gasteiger partial charge in [0.15, 0.2) is 0 Å². The molecule has 1 aromatic carbocycles. The van der Waals surface area contributed by atoms with Crippen LogP contribution in [0.5, 0.6) is 0 Å². The molecule has 0 aliphatic carbocycles. The molecule has 14 heavy (non-hydrogen) atoms. The van der Waals surface area contributed by atoms with Crippen LogP contribution in [0, 0.1) is 10.1 Å². The third-order valence-electron chi connectivity index (χ3n) is 2.10. The van der Waals surface area contributed by atoms with E-state index in [9.17, 15) is 10.1 Å². The molecule has 0 aliphatic heterocycles. The fourth-order valence-electron chi connectivity index (χ4n) is 1.27. The molecule has 0 spiro atoms. The van der Waals surface area contributed by atoms with E-state index in [1.54, 1.807) is 19.0 Å². The molecule has 1 rings (SSSR count). The lowest BCUT2D eigenvalue weighted by molar-refractivity contribution is -0.547. The van der Waals surface area contributed by atoms with Gasteiger partial charge in [0.05, 0.1) is 6.42 Å². The van der Waals surface area contributed by atoms with Gasteiger partial charge >= 0.3 is 0 Å². The molecule has 0 fully saturated rings. The number of rotatable bonds is 4. The maximum atomic E-state index is 10.7. The van der Waals surface area contributed by atoms with Crippen molar-refractivity contribution in [3.63, 3.8) is 0 Å². The fourth-order valence-corrected chi connectivity index (χ4v) is 1.27. The Kier molecular flexibility index (Phi) is 3.59. The minimum absolute atomic E-state index is 0.257. The summed E-state index contributed by atoms with van der Waals surface area (Å²) < 4.78 is 0. The van der Waals surface area contributed by atoms with Gasteiger partial charge in [-0.2, -0.15) is 0 Å². The Balaban J connectivity index is 2.70. The van der Waals surface area contributed by atoms with Gasteiger partial charge in [0.1, 0.15) is 0 Å². The third-order valence-corrected chi connectivity index (χ3v) is 2.10. The van der Waals surface area contributed by atoms with Crippen LogP contribution in [0.3, 0.4) is 0 Å². The lowest BCUT2D eigenvalue weighted by Crippen LogP contribution is -2.37. The van der Waals surface area contributed by atoms with E-state index >= 15 is 0 Å². The van der Waals surface area contributed by atoms with Crippen LogP contribution >= 0.6 is 0 Å². The van der Waals surface area contributed by atoms with Crippen LogP contribution < -0.4 is 0 Å². The van der Waals surface area contributed by atoms with E-state index in [4.69, 9.17) is 0 Å². The van der Waals surface area contributed by atoms with Crippen LogP contribution in [0.25, 0.3) is 0 Å². The topological polar surface area (TPSA) is 46.4 Å². The number of likely N-dealkylation sites (N-methyl/N-ethyl adjacent to an activating group) is 1. The summed E-state index contributed by atoms with van der Waals surface area (Å²) in [5.74, 6) is 0. The highest BCUT2D eigenvalue weighted by Gasteiger charge is 2.22. The Morgan fingerprint density at radius 2 is 1.93 bits per heavy atom. The van der Waals surface area contributed by atoms with Crippen molar-refractivity contribution in [3.8, 4) is 0 Å². The van der Waals surface area contributed by atoms with Crippen molar-refractivity contribution in [1.29, 1.82) is 0 Å². The van der Waals surface area contributed by atoms with Crippen molar-refractivity contribution >= 4 is 0 Å². The second-order valence-electron chi connectivity index (χ2n) is 3.42. The quantitative estimate of drug-likeness (QED) is 0.413. The lowest BCUT2D eigenvalue weighted by Gasteiger charge is -2.15. The molecule has 0 bridgehead atoms. The third kappa shape index (κ3) is 2.81. The highest BCUT2D eigenvalue weighted by molar-refractivity contribution is 5.15. The Bertz CT molecular complexity index is 298. The van der Waals surface area contributed by atoms with Crippen LogP contribution in [-0.2, 0) is 6.42 Å². The van der Waals surface area contributed by atoms with E-state index in [2.05, 4.69) is 0 Å². The molecule has 0 saturated heterocycles. The van der Waals surface area contributed by atoms with E-state index in [1.807, 2.05) is 30.3 Å². The van der Waals surface area contributed by atoms with Gasteiger partial charge in [-0.25, -0.2) is 4.90 Å². The van der Waals surface area contributed by atoms with E-state index < -0.39 is 6.17 Å². The summed E-state index contributed by atoms with van der Waals surface area (Å²) in [6.45, 7) is 0. The van der Waals surface area contributed by atoms with Crippen LogP contribution in [-0.4, -0.2) is 30.1 Å². The van der Waals surface area contributed by atoms with Gasteiger partial charge in [-0.3, -0.25) is 10.1 Å². The molecule has 0 aromatic heterocycles. The molecular formula is C10H14N2O2. The minimum Gasteiger partial charge on any atom is -0.263 e. The van der Waals surface area contributed by atoms with Crippen molar-refractivity contribution < 1.29 is 4.92 Å². The van der Waals surface area contributed by atoms with E-state index in [-0.39, 0.29) is 4.92 Å². The lowest BCUT2D eigenvalue weighted by atomic mass is 10.1. The van der Waals surface area contributed by atoms with Gasteiger partial charge in [0.25, 0.3) is 6.17 Å². The maximum Gasteiger partial charge on any atom is 0.271 e. The molecule has 76 valence electrons. The SMILES string of the molecule is CN(C)C(Cc1ccccc1)[N+](=O)[O-].